The average molecular weight is 394 g/mol. The van der Waals surface area contributed by atoms with E-state index < -0.39 is 10.0 Å². The highest BCUT2D eigenvalue weighted by Gasteiger charge is 2.17. The molecule has 2 aromatic heterocycles. The SMILES string of the molecule is Cc1cccc(C)c1Nc1ccc(NS(=O)(=O)c2ccc(Cl)s2)nc1. The molecule has 0 amide bonds. The van der Waals surface area contributed by atoms with Crippen LogP contribution in [0.3, 0.4) is 0 Å². The van der Waals surface area contributed by atoms with Crippen molar-refractivity contribution >= 4 is 50.2 Å². The van der Waals surface area contributed by atoms with Gasteiger partial charge < -0.3 is 5.32 Å². The molecule has 8 heteroatoms. The van der Waals surface area contributed by atoms with E-state index in [-0.39, 0.29) is 10.0 Å². The van der Waals surface area contributed by atoms with Crippen molar-refractivity contribution in [1.29, 1.82) is 0 Å². The molecule has 0 aliphatic heterocycles. The van der Waals surface area contributed by atoms with E-state index in [1.807, 2.05) is 32.0 Å². The Morgan fingerprint density at radius 2 is 1.76 bits per heavy atom. The van der Waals surface area contributed by atoms with Gasteiger partial charge in [0, 0.05) is 5.69 Å². The smallest absolute Gasteiger partial charge is 0.272 e. The lowest BCUT2D eigenvalue weighted by Gasteiger charge is -2.13. The number of sulfonamides is 1. The maximum atomic E-state index is 12.3. The van der Waals surface area contributed by atoms with Gasteiger partial charge in [-0.3, -0.25) is 4.72 Å². The van der Waals surface area contributed by atoms with Crippen LogP contribution >= 0.6 is 22.9 Å². The summed E-state index contributed by atoms with van der Waals surface area (Å²) in [5, 5.41) is 3.31. The number of halogens is 1. The number of rotatable bonds is 5. The van der Waals surface area contributed by atoms with Gasteiger partial charge in [-0.15, -0.1) is 11.3 Å². The molecule has 130 valence electrons. The van der Waals surface area contributed by atoms with Gasteiger partial charge >= 0.3 is 0 Å². The zero-order chi connectivity index (χ0) is 18.0. The molecule has 3 aromatic rings. The lowest BCUT2D eigenvalue weighted by molar-refractivity contribution is 0.603. The van der Waals surface area contributed by atoms with Gasteiger partial charge in [0.05, 0.1) is 16.2 Å². The Balaban J connectivity index is 1.77. The molecule has 0 aliphatic carbocycles. The van der Waals surface area contributed by atoms with Crippen LogP contribution in [0.4, 0.5) is 17.2 Å². The number of nitrogens with zero attached hydrogens (tertiary/aromatic N) is 1. The van der Waals surface area contributed by atoms with E-state index >= 15 is 0 Å². The highest BCUT2D eigenvalue weighted by atomic mass is 35.5. The van der Waals surface area contributed by atoms with Crippen LogP contribution < -0.4 is 10.0 Å². The van der Waals surface area contributed by atoms with Gasteiger partial charge in [-0.25, -0.2) is 13.4 Å². The topological polar surface area (TPSA) is 71.1 Å². The maximum Gasteiger partial charge on any atom is 0.272 e. The Hall–Kier alpha value is -2.09. The third kappa shape index (κ3) is 4.12. The minimum atomic E-state index is -3.68. The molecule has 1 aromatic carbocycles. The van der Waals surface area contributed by atoms with Gasteiger partial charge in [-0.05, 0) is 49.2 Å². The summed E-state index contributed by atoms with van der Waals surface area (Å²) >= 11 is 6.79. The second-order valence-electron chi connectivity index (χ2n) is 5.49. The van der Waals surface area contributed by atoms with Crippen LogP contribution in [0, 0.1) is 13.8 Å². The summed E-state index contributed by atoms with van der Waals surface area (Å²) in [5.41, 5.74) is 4.05. The lowest BCUT2D eigenvalue weighted by atomic mass is 10.1. The minimum absolute atomic E-state index is 0.150. The van der Waals surface area contributed by atoms with E-state index in [0.717, 1.165) is 33.8 Å². The van der Waals surface area contributed by atoms with Gasteiger partial charge in [-0.1, -0.05) is 29.8 Å². The zero-order valence-corrected chi connectivity index (χ0v) is 16.0. The fourth-order valence-electron chi connectivity index (χ4n) is 2.31. The Morgan fingerprint density at radius 3 is 2.32 bits per heavy atom. The Morgan fingerprint density at radius 1 is 1.04 bits per heavy atom. The van der Waals surface area contributed by atoms with Gasteiger partial charge in [0.15, 0.2) is 0 Å². The monoisotopic (exact) mass is 393 g/mol. The lowest BCUT2D eigenvalue weighted by Crippen LogP contribution is -2.12. The van der Waals surface area contributed by atoms with Gasteiger partial charge in [-0.2, -0.15) is 0 Å². The van der Waals surface area contributed by atoms with Crippen LogP contribution in [0.5, 0.6) is 0 Å². The number of thiophene rings is 1. The van der Waals surface area contributed by atoms with Gasteiger partial charge in [0.1, 0.15) is 10.0 Å². The second kappa shape index (κ2) is 7.03. The summed E-state index contributed by atoms with van der Waals surface area (Å²) in [5.74, 6) is 0.247. The van der Waals surface area contributed by atoms with Crippen molar-refractivity contribution in [3.8, 4) is 0 Å². The van der Waals surface area contributed by atoms with Crippen molar-refractivity contribution in [1.82, 2.24) is 4.98 Å². The van der Waals surface area contributed by atoms with E-state index in [9.17, 15) is 8.42 Å². The third-order valence-electron chi connectivity index (χ3n) is 3.57. The molecule has 0 bridgehead atoms. The molecule has 0 spiro atoms. The molecular weight excluding hydrogens is 378 g/mol. The Labute approximate surface area is 155 Å². The van der Waals surface area contributed by atoms with Gasteiger partial charge in [0.2, 0.25) is 0 Å². The molecule has 0 saturated heterocycles. The van der Waals surface area contributed by atoms with E-state index in [0.29, 0.717) is 4.34 Å². The molecule has 0 unspecified atom stereocenters. The van der Waals surface area contributed by atoms with E-state index in [2.05, 4.69) is 15.0 Å². The van der Waals surface area contributed by atoms with Crippen LogP contribution in [0.25, 0.3) is 0 Å². The van der Waals surface area contributed by atoms with E-state index in [1.165, 1.54) is 6.07 Å². The number of hydrogen-bond donors (Lipinski definition) is 2. The van der Waals surface area contributed by atoms with Crippen molar-refractivity contribution < 1.29 is 8.42 Å². The van der Waals surface area contributed by atoms with E-state index in [1.54, 1.807) is 24.4 Å². The first-order valence-electron chi connectivity index (χ1n) is 7.42. The summed E-state index contributed by atoms with van der Waals surface area (Å²) in [6, 6.07) is 12.5. The summed E-state index contributed by atoms with van der Waals surface area (Å²) in [6.45, 7) is 4.05. The largest absolute Gasteiger partial charge is 0.354 e. The van der Waals surface area contributed by atoms with Crippen molar-refractivity contribution in [2.24, 2.45) is 0 Å². The first kappa shape index (κ1) is 17.7. The second-order valence-corrected chi connectivity index (χ2v) is 9.11. The molecule has 0 atom stereocenters. The number of hydrogen-bond acceptors (Lipinski definition) is 5. The Kier molecular flexibility index (Phi) is 4.99. The zero-order valence-electron chi connectivity index (χ0n) is 13.6. The summed E-state index contributed by atoms with van der Waals surface area (Å²) in [4.78, 5) is 4.17. The van der Waals surface area contributed by atoms with E-state index in [4.69, 9.17) is 11.6 Å². The van der Waals surface area contributed by atoms with Crippen molar-refractivity contribution in [2.75, 3.05) is 10.0 Å². The number of nitrogens with one attached hydrogen (secondary N) is 2. The number of pyridine rings is 1. The van der Waals surface area contributed by atoms with Crippen LogP contribution in [-0.4, -0.2) is 13.4 Å². The quantitative estimate of drug-likeness (QED) is 0.642. The van der Waals surface area contributed by atoms with Crippen molar-refractivity contribution in [3.05, 3.63) is 64.1 Å². The fourth-order valence-corrected chi connectivity index (χ4v) is 4.81. The number of para-hydroxylation sites is 1. The van der Waals surface area contributed by atoms with Crippen molar-refractivity contribution in [3.63, 3.8) is 0 Å². The average Bonchev–Trinajstić information content (AvgIpc) is 3.00. The molecule has 25 heavy (non-hydrogen) atoms. The number of anilines is 3. The standard InChI is InChI=1S/C17H16ClN3O2S2/c1-11-4-3-5-12(2)17(11)20-13-6-8-15(19-10-13)21-25(22,23)16-9-7-14(18)24-16/h3-10,20H,1-2H3,(H,19,21). The third-order valence-corrected chi connectivity index (χ3v) is 6.64. The summed E-state index contributed by atoms with van der Waals surface area (Å²) in [7, 11) is -3.68. The molecule has 2 N–H and O–H groups in total. The first-order chi connectivity index (χ1) is 11.8. The number of aryl methyl sites for hydroxylation is 2. The molecule has 0 saturated carbocycles. The molecule has 5 nitrogen and oxygen atoms in total. The predicted octanol–water partition coefficient (Wildman–Crippen LogP) is 4.96. The highest BCUT2D eigenvalue weighted by Crippen LogP contribution is 2.28. The van der Waals surface area contributed by atoms with Gasteiger partial charge in [0.25, 0.3) is 10.0 Å². The molecule has 0 fully saturated rings. The summed E-state index contributed by atoms with van der Waals surface area (Å²) < 4.78 is 27.5. The normalized spacial score (nSPS) is 11.3. The highest BCUT2D eigenvalue weighted by molar-refractivity contribution is 7.94. The molecule has 0 aliphatic rings. The summed E-state index contributed by atoms with van der Waals surface area (Å²) in [6.07, 6.45) is 1.59. The predicted molar refractivity (Wildman–Crippen MR) is 104 cm³/mol. The Bertz CT molecular complexity index is 979. The maximum absolute atomic E-state index is 12.3. The van der Waals surface area contributed by atoms with Crippen LogP contribution in [0.15, 0.2) is 52.9 Å². The fraction of sp³-hybridized carbons (Fsp3) is 0.118. The van der Waals surface area contributed by atoms with Crippen LogP contribution in [-0.2, 0) is 10.0 Å². The molecule has 0 radical (unpaired) electrons. The van der Waals surface area contributed by atoms with Crippen molar-refractivity contribution in [2.45, 2.75) is 18.1 Å². The van der Waals surface area contributed by atoms with Crippen LogP contribution in [0.1, 0.15) is 11.1 Å². The number of aromatic nitrogens is 1. The molecule has 2 heterocycles. The first-order valence-corrected chi connectivity index (χ1v) is 10.1. The van der Waals surface area contributed by atoms with Crippen LogP contribution in [0.2, 0.25) is 4.34 Å². The molecular formula is C17H16ClN3O2S2. The molecule has 3 rings (SSSR count). The minimum Gasteiger partial charge on any atom is -0.354 e. The number of benzene rings is 1.